The van der Waals surface area contributed by atoms with E-state index in [9.17, 15) is 24.0 Å². The summed E-state index contributed by atoms with van der Waals surface area (Å²) in [6, 6.07) is 0. The number of ketones is 3. The number of thiol groups is 1. The molecule has 0 fully saturated rings. The lowest BCUT2D eigenvalue weighted by atomic mass is 10.0. The average Bonchev–Trinajstić information content (AvgIpc) is 3.00. The van der Waals surface area contributed by atoms with Crippen molar-refractivity contribution >= 4 is 55.7 Å². The van der Waals surface area contributed by atoms with Gasteiger partial charge in [0.05, 0.1) is 13.0 Å². The smallest absolute Gasteiger partial charge is 0.309 e. The van der Waals surface area contributed by atoms with Crippen molar-refractivity contribution < 1.29 is 33.5 Å². The van der Waals surface area contributed by atoms with Crippen LogP contribution in [0.4, 0.5) is 0 Å². The first-order valence-electron chi connectivity index (χ1n) is 15.3. The Hall–Kier alpha value is -2.20. The molecule has 0 bridgehead atoms. The highest BCUT2D eigenvalue weighted by Gasteiger charge is 2.18. The molecule has 2 N–H and O–H groups in total. The Morgan fingerprint density at radius 1 is 0.814 bits per heavy atom. The SMILES string of the molecule is C=NCCC.C=O.CCC(C)CC(C)=O.CCC(C=O)CC(C)=O.CCC(CC(C)=O)C(=O)OC.CCCN.CCCS. The molecule has 0 aromatic carbocycles. The fourth-order valence-electron chi connectivity index (χ4n) is 2.36. The highest BCUT2D eigenvalue weighted by molar-refractivity contribution is 7.80. The van der Waals surface area contributed by atoms with Crippen molar-refractivity contribution in [2.24, 2.45) is 28.5 Å². The fourth-order valence-corrected chi connectivity index (χ4v) is 2.36. The second-order valence-corrected chi connectivity index (χ2v) is 10.1. The van der Waals surface area contributed by atoms with E-state index in [1.54, 1.807) is 6.92 Å². The second-order valence-electron chi connectivity index (χ2n) is 9.62. The molecule has 9 nitrogen and oxygen atoms in total. The first-order chi connectivity index (χ1) is 20.2. The molecule has 0 heterocycles. The Balaban J connectivity index is -0.0000000743. The number of carbonyl (C=O) groups excluding carboxylic acids is 6. The molecule has 0 radical (unpaired) electrons. The monoisotopic (exact) mass is 636 g/mol. The molecule has 0 spiro atoms. The third-order valence-corrected chi connectivity index (χ3v) is 5.50. The van der Waals surface area contributed by atoms with Crippen molar-refractivity contribution in [1.82, 2.24) is 0 Å². The van der Waals surface area contributed by atoms with Gasteiger partial charge in [0.1, 0.15) is 30.4 Å². The summed E-state index contributed by atoms with van der Waals surface area (Å²) in [5, 5.41) is 0. The molecule has 0 rings (SSSR count). The van der Waals surface area contributed by atoms with Gasteiger partial charge in [-0.3, -0.25) is 4.79 Å². The summed E-state index contributed by atoms with van der Waals surface area (Å²) in [5.41, 5.74) is 5.03. The van der Waals surface area contributed by atoms with Gasteiger partial charge in [-0.25, -0.2) is 0 Å². The predicted octanol–water partition coefficient (Wildman–Crippen LogP) is 6.96. The first kappa shape index (κ1) is 56.6. The van der Waals surface area contributed by atoms with Crippen LogP contribution in [0.2, 0.25) is 0 Å². The number of aldehydes is 1. The minimum atomic E-state index is -0.289. The second kappa shape index (κ2) is 52.4. The van der Waals surface area contributed by atoms with Gasteiger partial charge in [-0.05, 0) is 77.8 Å². The fraction of sp³-hybridized carbons (Fsp3) is 0.788. The van der Waals surface area contributed by atoms with Crippen molar-refractivity contribution in [2.75, 3.05) is 26.0 Å². The Morgan fingerprint density at radius 2 is 1.23 bits per heavy atom. The van der Waals surface area contributed by atoms with E-state index in [0.717, 1.165) is 57.2 Å². The molecule has 0 aliphatic rings. The van der Waals surface area contributed by atoms with Crippen molar-refractivity contribution in [3.05, 3.63) is 0 Å². The van der Waals surface area contributed by atoms with Gasteiger partial charge < -0.3 is 39.4 Å². The van der Waals surface area contributed by atoms with Crippen LogP contribution in [-0.4, -0.2) is 69.1 Å². The standard InChI is InChI=1S/C8H14O3.C7H12O2.C7H14O.C4H9N.C3H9N.C3H8S.CH2O/c1-4-7(5-6(2)9)8(10)11-3;1-3-7(5-8)4-6(2)9;1-4-6(2)5-7(3)8;1-3-4-5-2;2*1-2-3-4;1-2/h7H,4-5H2,1-3H3;5,7H,3-4H2,1-2H3;6H,4-5H2,1-3H3;2-4H2,1H3;2-4H2,1H3;4H,2-3H2,1H3;1H2. The van der Waals surface area contributed by atoms with Crippen LogP contribution < -0.4 is 5.73 Å². The molecule has 258 valence electrons. The summed E-state index contributed by atoms with van der Waals surface area (Å²) in [6.45, 7) is 25.9. The van der Waals surface area contributed by atoms with Gasteiger partial charge in [-0.15, -0.1) is 0 Å². The van der Waals surface area contributed by atoms with Crippen molar-refractivity contribution in [2.45, 2.75) is 127 Å². The molecular formula is C33H68N2O7S. The van der Waals surface area contributed by atoms with Gasteiger partial charge in [-0.2, -0.15) is 12.6 Å². The number of aliphatic imine (C=N–C) groups is 1. The molecule has 0 aromatic heterocycles. The van der Waals surface area contributed by atoms with Crippen LogP contribution in [0.25, 0.3) is 0 Å². The minimum absolute atomic E-state index is 0.0299. The predicted molar refractivity (Wildman–Crippen MR) is 186 cm³/mol. The first-order valence-corrected chi connectivity index (χ1v) is 15.9. The van der Waals surface area contributed by atoms with E-state index in [1.165, 1.54) is 27.4 Å². The number of nitrogens with two attached hydrogens (primary N) is 1. The van der Waals surface area contributed by atoms with Crippen LogP contribution in [0.3, 0.4) is 0 Å². The van der Waals surface area contributed by atoms with Crippen molar-refractivity contribution in [3.63, 3.8) is 0 Å². The van der Waals surface area contributed by atoms with Crippen molar-refractivity contribution in [3.8, 4) is 0 Å². The normalized spacial score (nSPS) is 10.6. The Kier molecular flexibility index (Phi) is 69.0. The van der Waals surface area contributed by atoms with E-state index in [0.29, 0.717) is 31.0 Å². The summed E-state index contributed by atoms with van der Waals surface area (Å²) < 4.78 is 4.51. The summed E-state index contributed by atoms with van der Waals surface area (Å²) >= 11 is 3.92. The van der Waals surface area contributed by atoms with E-state index >= 15 is 0 Å². The maximum Gasteiger partial charge on any atom is 0.309 e. The summed E-state index contributed by atoms with van der Waals surface area (Å²) in [7, 11) is 1.34. The topological polar surface area (TPSA) is 150 Å². The third kappa shape index (κ3) is 73.6. The lowest BCUT2D eigenvalue weighted by Gasteiger charge is -2.08. The molecule has 0 aliphatic heterocycles. The van der Waals surface area contributed by atoms with Gasteiger partial charge in [0.25, 0.3) is 0 Å². The van der Waals surface area contributed by atoms with Gasteiger partial charge >= 0.3 is 5.97 Å². The zero-order valence-electron chi connectivity index (χ0n) is 29.5. The largest absolute Gasteiger partial charge is 0.469 e. The highest BCUT2D eigenvalue weighted by Crippen LogP contribution is 2.10. The van der Waals surface area contributed by atoms with Crippen LogP contribution in [0, 0.1) is 17.8 Å². The maximum atomic E-state index is 10.9. The Bertz CT molecular complexity index is 624. The van der Waals surface area contributed by atoms with E-state index in [1.807, 2.05) is 20.6 Å². The lowest BCUT2D eigenvalue weighted by molar-refractivity contribution is -0.147. The molecule has 0 aliphatic carbocycles. The van der Waals surface area contributed by atoms with Gasteiger partial charge in [0.2, 0.25) is 0 Å². The van der Waals surface area contributed by atoms with E-state index < -0.39 is 0 Å². The van der Waals surface area contributed by atoms with E-state index in [-0.39, 0.29) is 29.4 Å². The number of hydrogen-bond acceptors (Lipinski definition) is 10. The Labute approximate surface area is 270 Å². The molecule has 10 heteroatoms. The zero-order chi connectivity index (χ0) is 35.6. The van der Waals surface area contributed by atoms with Crippen LogP contribution in [0.5, 0.6) is 0 Å². The quantitative estimate of drug-likeness (QED) is 0.0847. The summed E-state index contributed by atoms with van der Waals surface area (Å²) in [6.07, 6.45) is 8.22. The number of nitrogens with zero attached hydrogens (tertiary/aromatic N) is 1. The lowest BCUT2D eigenvalue weighted by Crippen LogP contribution is -2.17. The summed E-state index contributed by atoms with van der Waals surface area (Å²) in [4.78, 5) is 64.1. The molecule has 0 aromatic rings. The molecule has 3 unspecified atom stereocenters. The van der Waals surface area contributed by atoms with Gasteiger partial charge in [0, 0.05) is 31.7 Å². The number of rotatable bonds is 15. The van der Waals surface area contributed by atoms with Crippen LogP contribution >= 0.6 is 12.6 Å². The zero-order valence-corrected chi connectivity index (χ0v) is 30.4. The number of esters is 1. The molecule has 3 atom stereocenters. The number of Topliss-reactive ketones (excluding diaryl/α,β-unsaturated/α-hetero) is 3. The van der Waals surface area contributed by atoms with Crippen LogP contribution in [0.15, 0.2) is 4.99 Å². The highest BCUT2D eigenvalue weighted by atomic mass is 32.1. The molecule has 0 saturated carbocycles. The van der Waals surface area contributed by atoms with E-state index in [2.05, 4.69) is 63.7 Å². The van der Waals surface area contributed by atoms with Gasteiger partial charge in [-0.1, -0.05) is 54.9 Å². The average molecular weight is 637 g/mol. The third-order valence-electron chi connectivity index (χ3n) is 5.05. The molecule has 43 heavy (non-hydrogen) atoms. The van der Waals surface area contributed by atoms with Crippen LogP contribution in [-0.2, 0) is 33.5 Å². The molecule has 0 amide bonds. The number of hydrogen-bond donors (Lipinski definition) is 2. The number of ether oxygens (including phenoxy) is 1. The van der Waals surface area contributed by atoms with Crippen molar-refractivity contribution in [1.29, 1.82) is 0 Å². The van der Waals surface area contributed by atoms with Crippen LogP contribution in [0.1, 0.15) is 127 Å². The maximum absolute atomic E-state index is 10.9. The molecular weight excluding hydrogens is 568 g/mol. The minimum Gasteiger partial charge on any atom is -0.469 e. The number of carbonyl (C=O) groups is 6. The van der Waals surface area contributed by atoms with E-state index in [4.69, 9.17) is 10.5 Å². The summed E-state index contributed by atoms with van der Waals surface area (Å²) in [5.74, 6) is 1.42. The number of methoxy groups -OCH3 is 1. The van der Waals surface area contributed by atoms with Gasteiger partial charge in [0.15, 0.2) is 0 Å². The molecule has 0 saturated heterocycles. The Morgan fingerprint density at radius 3 is 1.35 bits per heavy atom.